The van der Waals surface area contributed by atoms with Gasteiger partial charge in [-0.2, -0.15) is 9.97 Å². The first-order chi connectivity index (χ1) is 22.8. The lowest BCUT2D eigenvalue weighted by Crippen LogP contribution is -2.51. The molecule has 4 saturated heterocycles. The standard InChI is InChI=1S/C32H32F3N5O3.2C2H6/c33-22-5-1-4-17-12-20(41)13-21(23(17)22)24-26(34)28-25(27(35)29(24)42)30(39-14-18-6-7-19(15-39)36-18)38-31(37-28)43-16-32-8-2-10-40(32)11-3-9-32;2*1-2/h1,4-5,12-13,18-19,36,41-42H,2-3,6-11,14-16H2;2*1-2H3. The summed E-state index contributed by atoms with van der Waals surface area (Å²) in [4.78, 5) is 13.4. The Hall–Kier alpha value is -3.83. The van der Waals surface area contributed by atoms with E-state index in [-0.39, 0.29) is 62.4 Å². The maximum atomic E-state index is 16.7. The van der Waals surface area contributed by atoms with Crippen LogP contribution in [0.25, 0.3) is 32.8 Å². The zero-order valence-corrected chi connectivity index (χ0v) is 27.5. The van der Waals surface area contributed by atoms with Gasteiger partial charge in [-0.05, 0) is 75.2 Å². The first-order valence-corrected chi connectivity index (χ1v) is 17.0. The average Bonchev–Trinajstić information content (AvgIpc) is 3.77. The summed E-state index contributed by atoms with van der Waals surface area (Å²) in [6.45, 7) is 11.4. The molecule has 4 aromatic rings. The number of ether oxygens (including phenoxy) is 1. The molecule has 2 bridgehead atoms. The van der Waals surface area contributed by atoms with E-state index in [4.69, 9.17) is 4.74 Å². The highest BCUT2D eigenvalue weighted by Gasteiger charge is 2.45. The Morgan fingerprint density at radius 1 is 0.915 bits per heavy atom. The van der Waals surface area contributed by atoms with Crippen LogP contribution in [0.5, 0.6) is 17.5 Å². The van der Waals surface area contributed by atoms with Crippen LogP contribution in [-0.2, 0) is 0 Å². The van der Waals surface area contributed by atoms with E-state index in [9.17, 15) is 10.2 Å². The Labute approximate surface area is 273 Å². The second-order valence-electron chi connectivity index (χ2n) is 12.5. The van der Waals surface area contributed by atoms with Gasteiger partial charge in [-0.1, -0.05) is 39.8 Å². The van der Waals surface area contributed by atoms with Crippen molar-refractivity contribution < 1.29 is 28.1 Å². The van der Waals surface area contributed by atoms with Crippen LogP contribution in [0.2, 0.25) is 0 Å². The second-order valence-corrected chi connectivity index (χ2v) is 12.5. The lowest BCUT2D eigenvalue weighted by atomic mass is 9.94. The SMILES string of the molecule is CC.CC.Oc1cc(-c2c(O)c(F)c3c(N4CC5CCC(C4)N5)nc(OCC45CCCN4CCC5)nc3c2F)c2c(F)cccc2c1. The molecule has 2 unspecified atom stereocenters. The summed E-state index contributed by atoms with van der Waals surface area (Å²) in [6, 6.07) is 6.94. The highest BCUT2D eigenvalue weighted by atomic mass is 19.1. The first-order valence-electron chi connectivity index (χ1n) is 17.0. The molecule has 3 aromatic carbocycles. The second kappa shape index (κ2) is 13.4. The molecule has 1 aromatic heterocycles. The third-order valence-corrected chi connectivity index (χ3v) is 9.94. The van der Waals surface area contributed by atoms with E-state index < -0.39 is 28.8 Å². The average molecular weight is 652 g/mol. The number of phenolic OH excluding ortho intramolecular Hbond substituents is 2. The molecule has 252 valence electrons. The molecule has 8 nitrogen and oxygen atoms in total. The summed E-state index contributed by atoms with van der Waals surface area (Å²) in [7, 11) is 0. The fourth-order valence-electron chi connectivity index (χ4n) is 7.97. The van der Waals surface area contributed by atoms with Crippen molar-refractivity contribution in [3.05, 3.63) is 47.8 Å². The Kier molecular flexibility index (Phi) is 9.40. The number of rotatable bonds is 5. The number of phenols is 2. The number of piperazine rings is 1. The molecule has 0 aliphatic carbocycles. The summed E-state index contributed by atoms with van der Waals surface area (Å²) in [6.07, 6.45) is 6.07. The molecule has 4 fully saturated rings. The fourth-order valence-corrected chi connectivity index (χ4v) is 7.97. The van der Waals surface area contributed by atoms with E-state index in [0.717, 1.165) is 57.7 Å². The zero-order chi connectivity index (χ0) is 33.5. The monoisotopic (exact) mass is 651 g/mol. The van der Waals surface area contributed by atoms with E-state index in [0.29, 0.717) is 19.7 Å². The Morgan fingerprint density at radius 2 is 1.60 bits per heavy atom. The summed E-state index contributed by atoms with van der Waals surface area (Å²) < 4.78 is 54.4. The van der Waals surface area contributed by atoms with Gasteiger partial charge in [0.15, 0.2) is 17.4 Å². The largest absolute Gasteiger partial charge is 0.508 e. The summed E-state index contributed by atoms with van der Waals surface area (Å²) in [5, 5.41) is 25.1. The molecule has 0 saturated carbocycles. The fraction of sp³-hybridized carbons (Fsp3) is 0.500. The third-order valence-electron chi connectivity index (χ3n) is 9.94. The van der Waals surface area contributed by atoms with Gasteiger partial charge in [0.25, 0.3) is 0 Å². The zero-order valence-electron chi connectivity index (χ0n) is 27.5. The Morgan fingerprint density at radius 3 is 2.28 bits per heavy atom. The molecular formula is C36H44F3N5O3. The van der Waals surface area contributed by atoms with Gasteiger partial charge in [0.05, 0.1) is 16.5 Å². The van der Waals surface area contributed by atoms with Crippen LogP contribution in [0.4, 0.5) is 19.0 Å². The molecule has 0 radical (unpaired) electrons. The molecule has 8 rings (SSSR count). The number of hydrogen-bond acceptors (Lipinski definition) is 8. The van der Waals surface area contributed by atoms with Crippen molar-refractivity contribution in [2.24, 2.45) is 0 Å². The minimum Gasteiger partial charge on any atom is -0.508 e. The molecule has 4 aliphatic rings. The minimum atomic E-state index is -1.11. The topological polar surface area (TPSA) is 94.0 Å². The van der Waals surface area contributed by atoms with Crippen LogP contribution < -0.4 is 15.0 Å². The van der Waals surface area contributed by atoms with Crippen LogP contribution in [0, 0.1) is 17.5 Å². The molecule has 5 heterocycles. The summed E-state index contributed by atoms with van der Waals surface area (Å²) >= 11 is 0. The molecule has 0 amide bonds. The van der Waals surface area contributed by atoms with Crippen molar-refractivity contribution in [2.75, 3.05) is 37.7 Å². The van der Waals surface area contributed by atoms with Gasteiger partial charge in [0, 0.05) is 36.1 Å². The van der Waals surface area contributed by atoms with Crippen molar-refractivity contribution >= 4 is 27.5 Å². The highest BCUT2D eigenvalue weighted by molar-refractivity contribution is 6.04. The van der Waals surface area contributed by atoms with Crippen molar-refractivity contribution in [3.63, 3.8) is 0 Å². The third kappa shape index (κ3) is 5.71. The van der Waals surface area contributed by atoms with Gasteiger partial charge >= 0.3 is 6.01 Å². The number of aromatic nitrogens is 2. The molecule has 4 aliphatic heterocycles. The van der Waals surface area contributed by atoms with Crippen LogP contribution in [0.1, 0.15) is 66.2 Å². The minimum absolute atomic E-state index is 0.0562. The van der Waals surface area contributed by atoms with Gasteiger partial charge in [-0.25, -0.2) is 13.2 Å². The van der Waals surface area contributed by atoms with Crippen LogP contribution >= 0.6 is 0 Å². The predicted molar refractivity (Wildman–Crippen MR) is 179 cm³/mol. The normalized spacial score (nSPS) is 21.3. The summed E-state index contributed by atoms with van der Waals surface area (Å²) in [5.41, 5.74) is -1.24. The molecule has 3 N–H and O–H groups in total. The quantitative estimate of drug-likeness (QED) is 0.207. The number of hydrogen-bond donors (Lipinski definition) is 3. The Balaban J connectivity index is 0.000000932. The predicted octanol–water partition coefficient (Wildman–Crippen LogP) is 7.28. The number of nitrogens with zero attached hydrogens (tertiary/aromatic N) is 4. The van der Waals surface area contributed by atoms with Gasteiger partial charge in [0.2, 0.25) is 0 Å². The van der Waals surface area contributed by atoms with E-state index in [1.165, 1.54) is 18.2 Å². The van der Waals surface area contributed by atoms with Crippen molar-refractivity contribution in [2.45, 2.75) is 83.8 Å². The maximum Gasteiger partial charge on any atom is 0.319 e. The Bertz CT molecular complexity index is 1770. The van der Waals surface area contributed by atoms with E-state index in [2.05, 4.69) is 20.2 Å². The molecular weight excluding hydrogens is 607 g/mol. The van der Waals surface area contributed by atoms with Gasteiger partial charge < -0.3 is 25.2 Å². The molecule has 11 heteroatoms. The van der Waals surface area contributed by atoms with E-state index in [1.54, 1.807) is 6.07 Å². The van der Waals surface area contributed by atoms with Gasteiger partial charge in [0.1, 0.15) is 29.5 Å². The number of benzene rings is 3. The molecule has 0 spiro atoms. The number of halogens is 3. The van der Waals surface area contributed by atoms with Crippen LogP contribution in [-0.4, -0.2) is 75.5 Å². The van der Waals surface area contributed by atoms with Crippen LogP contribution in [0.15, 0.2) is 30.3 Å². The van der Waals surface area contributed by atoms with E-state index >= 15 is 13.2 Å². The van der Waals surface area contributed by atoms with E-state index in [1.807, 2.05) is 32.6 Å². The smallest absolute Gasteiger partial charge is 0.319 e. The number of anilines is 1. The first kappa shape index (κ1) is 33.1. The van der Waals surface area contributed by atoms with Crippen molar-refractivity contribution in [3.8, 4) is 28.6 Å². The molecule has 2 atom stereocenters. The lowest BCUT2D eigenvalue weighted by Gasteiger charge is -2.35. The number of aromatic hydroxyl groups is 2. The molecule has 47 heavy (non-hydrogen) atoms. The summed E-state index contributed by atoms with van der Waals surface area (Å²) in [5.74, 6) is -3.97. The van der Waals surface area contributed by atoms with Crippen LogP contribution in [0.3, 0.4) is 0 Å². The highest BCUT2D eigenvalue weighted by Crippen LogP contribution is 2.46. The van der Waals surface area contributed by atoms with Crippen molar-refractivity contribution in [1.29, 1.82) is 0 Å². The van der Waals surface area contributed by atoms with Gasteiger partial charge in [-0.3, -0.25) is 4.90 Å². The maximum absolute atomic E-state index is 16.7. The lowest BCUT2D eigenvalue weighted by molar-refractivity contribution is 0.108. The number of fused-ring (bicyclic) bond motifs is 5. The number of nitrogens with one attached hydrogen (secondary N) is 1. The van der Waals surface area contributed by atoms with Crippen molar-refractivity contribution in [1.82, 2.24) is 20.2 Å². The van der Waals surface area contributed by atoms with Gasteiger partial charge in [-0.15, -0.1) is 0 Å².